The second-order valence-electron chi connectivity index (χ2n) is 8.88. The average Bonchev–Trinajstić information content (AvgIpc) is 3.05. The van der Waals surface area contributed by atoms with Crippen molar-refractivity contribution in [3.8, 4) is 0 Å². The van der Waals surface area contributed by atoms with Crippen LogP contribution in [0.15, 0.2) is 0 Å². The molecule has 0 N–H and O–H groups in total. The minimum Gasteiger partial charge on any atom is -0.466 e. The molecule has 0 aromatic rings. The number of carbonyl (C=O) groups is 3. The van der Waals surface area contributed by atoms with Crippen molar-refractivity contribution in [1.29, 1.82) is 0 Å². The molecule has 2 aliphatic rings. The van der Waals surface area contributed by atoms with Gasteiger partial charge in [-0.2, -0.15) is 0 Å². The lowest BCUT2D eigenvalue weighted by Gasteiger charge is -2.44. The highest BCUT2D eigenvalue weighted by Gasteiger charge is 2.57. The minimum atomic E-state index is -0.768. The molecule has 0 aromatic carbocycles. The highest BCUT2D eigenvalue weighted by molar-refractivity contribution is 5.67. The maximum Gasteiger partial charge on any atom is 0.303 e. The summed E-state index contributed by atoms with van der Waals surface area (Å²) in [4.78, 5) is 34.4. The third-order valence-corrected chi connectivity index (χ3v) is 6.29. The number of hydrogen-bond acceptors (Lipinski definition) is 8. The van der Waals surface area contributed by atoms with Gasteiger partial charge in [0, 0.05) is 40.0 Å². The smallest absolute Gasteiger partial charge is 0.303 e. The molecule has 5 atom stereocenters. The first-order chi connectivity index (χ1) is 14.6. The molecule has 31 heavy (non-hydrogen) atoms. The van der Waals surface area contributed by atoms with E-state index in [0.29, 0.717) is 38.2 Å². The Hall–Kier alpha value is -1.67. The summed E-state index contributed by atoms with van der Waals surface area (Å²) in [5.74, 6) is -1.61. The van der Waals surface area contributed by atoms with Crippen LogP contribution in [0.25, 0.3) is 0 Å². The zero-order valence-corrected chi connectivity index (χ0v) is 19.6. The second kappa shape index (κ2) is 11.3. The third kappa shape index (κ3) is 7.17. The van der Waals surface area contributed by atoms with E-state index in [0.717, 1.165) is 25.7 Å². The first-order valence-corrected chi connectivity index (χ1v) is 11.4. The molecule has 1 spiro atoms. The molecule has 8 heteroatoms. The number of carbonyl (C=O) groups excluding carboxylic acids is 3. The molecular formula is C23H38O8. The van der Waals surface area contributed by atoms with E-state index in [1.807, 2.05) is 0 Å². The van der Waals surface area contributed by atoms with E-state index in [4.69, 9.17) is 23.7 Å². The molecule has 2 heterocycles. The van der Waals surface area contributed by atoms with Gasteiger partial charge in [0.15, 0.2) is 11.9 Å². The molecule has 0 amide bonds. The number of unbranched alkanes of at least 4 members (excludes halogenated alkanes) is 1. The van der Waals surface area contributed by atoms with Crippen LogP contribution in [-0.4, -0.2) is 54.7 Å². The average molecular weight is 443 g/mol. The van der Waals surface area contributed by atoms with E-state index in [2.05, 4.69) is 13.8 Å². The Morgan fingerprint density at radius 3 is 2.35 bits per heavy atom. The van der Waals surface area contributed by atoms with E-state index < -0.39 is 29.4 Å². The van der Waals surface area contributed by atoms with Gasteiger partial charge in [0.2, 0.25) is 0 Å². The van der Waals surface area contributed by atoms with Gasteiger partial charge in [0.25, 0.3) is 0 Å². The van der Waals surface area contributed by atoms with Crippen LogP contribution in [0.3, 0.4) is 0 Å². The predicted molar refractivity (Wildman–Crippen MR) is 112 cm³/mol. The lowest BCUT2D eigenvalue weighted by Crippen LogP contribution is -2.52. The van der Waals surface area contributed by atoms with E-state index in [9.17, 15) is 14.4 Å². The normalized spacial score (nSPS) is 31.3. The van der Waals surface area contributed by atoms with Gasteiger partial charge >= 0.3 is 17.9 Å². The van der Waals surface area contributed by atoms with Crippen LogP contribution in [-0.2, 0) is 38.1 Å². The van der Waals surface area contributed by atoms with Crippen LogP contribution in [0.2, 0.25) is 0 Å². The molecule has 2 saturated heterocycles. The molecule has 0 bridgehead atoms. The molecule has 0 saturated carbocycles. The van der Waals surface area contributed by atoms with Gasteiger partial charge in [0.1, 0.15) is 12.2 Å². The lowest BCUT2D eigenvalue weighted by atomic mass is 9.86. The second-order valence-corrected chi connectivity index (χ2v) is 8.88. The molecule has 2 fully saturated rings. The van der Waals surface area contributed by atoms with Gasteiger partial charge in [-0.3, -0.25) is 14.4 Å². The van der Waals surface area contributed by atoms with Crippen molar-refractivity contribution in [3.05, 3.63) is 0 Å². The number of ether oxygens (including phenoxy) is 5. The van der Waals surface area contributed by atoms with Crippen LogP contribution in [0.4, 0.5) is 0 Å². The van der Waals surface area contributed by atoms with Crippen LogP contribution >= 0.6 is 0 Å². The summed E-state index contributed by atoms with van der Waals surface area (Å²) >= 11 is 0. The summed E-state index contributed by atoms with van der Waals surface area (Å²) in [6, 6.07) is 0. The van der Waals surface area contributed by atoms with Crippen molar-refractivity contribution in [1.82, 2.24) is 0 Å². The van der Waals surface area contributed by atoms with Crippen molar-refractivity contribution in [2.75, 3.05) is 13.2 Å². The van der Waals surface area contributed by atoms with Crippen molar-refractivity contribution < 1.29 is 38.1 Å². The fourth-order valence-electron chi connectivity index (χ4n) is 4.61. The number of esters is 3. The molecule has 1 unspecified atom stereocenters. The zero-order chi connectivity index (χ0) is 23.1. The van der Waals surface area contributed by atoms with Crippen LogP contribution in [0.1, 0.15) is 86.0 Å². The van der Waals surface area contributed by atoms with Crippen LogP contribution < -0.4 is 0 Å². The highest BCUT2D eigenvalue weighted by Crippen LogP contribution is 2.50. The van der Waals surface area contributed by atoms with E-state index in [1.54, 1.807) is 0 Å². The van der Waals surface area contributed by atoms with E-state index in [-0.39, 0.29) is 18.7 Å². The van der Waals surface area contributed by atoms with Crippen molar-refractivity contribution in [2.24, 2.45) is 5.92 Å². The Morgan fingerprint density at radius 1 is 1.03 bits per heavy atom. The number of rotatable bonds is 10. The SMILES string of the molecule is CCCC[C@]1([C@@H](COC(C)=O)OC(C)=O)CC[C@]2(CCC(C)[C@@H](CCOC(C)=O)O2)O1. The van der Waals surface area contributed by atoms with E-state index >= 15 is 0 Å². The Morgan fingerprint density at radius 2 is 1.74 bits per heavy atom. The lowest BCUT2D eigenvalue weighted by molar-refractivity contribution is -0.314. The molecule has 0 radical (unpaired) electrons. The Kier molecular flexibility index (Phi) is 9.30. The van der Waals surface area contributed by atoms with Crippen LogP contribution in [0, 0.1) is 5.92 Å². The van der Waals surface area contributed by atoms with Gasteiger partial charge in [-0.25, -0.2) is 0 Å². The predicted octanol–water partition coefficient (Wildman–Crippen LogP) is 3.69. The molecule has 0 aliphatic carbocycles. The summed E-state index contributed by atoms with van der Waals surface area (Å²) < 4.78 is 29.1. The quantitative estimate of drug-likeness (QED) is 0.373. The maximum absolute atomic E-state index is 11.8. The molecule has 8 nitrogen and oxygen atoms in total. The third-order valence-electron chi connectivity index (χ3n) is 6.29. The van der Waals surface area contributed by atoms with Crippen LogP contribution in [0.5, 0.6) is 0 Å². The Bertz CT molecular complexity index is 635. The fourth-order valence-corrected chi connectivity index (χ4v) is 4.61. The highest BCUT2D eigenvalue weighted by atomic mass is 16.7. The Balaban J connectivity index is 2.18. The molecular weight excluding hydrogens is 404 g/mol. The summed E-state index contributed by atoms with van der Waals surface area (Å²) in [5, 5.41) is 0. The first kappa shape index (κ1) is 25.6. The topological polar surface area (TPSA) is 97.4 Å². The fraction of sp³-hybridized carbons (Fsp3) is 0.870. The van der Waals surface area contributed by atoms with Gasteiger partial charge < -0.3 is 23.7 Å². The summed E-state index contributed by atoms with van der Waals surface area (Å²) in [6.45, 7) is 8.57. The van der Waals surface area contributed by atoms with Gasteiger partial charge in [-0.15, -0.1) is 0 Å². The molecule has 0 aromatic heterocycles. The number of hydrogen-bond donors (Lipinski definition) is 0. The molecule has 2 rings (SSSR count). The maximum atomic E-state index is 11.8. The van der Waals surface area contributed by atoms with Gasteiger partial charge in [-0.05, 0) is 25.2 Å². The standard InChI is InChI=1S/C23H38O8/c1-6-7-10-22(21(29-19(5)26)15-28-18(4)25)12-13-23(31-22)11-8-16(2)20(30-23)9-14-27-17(3)24/h16,20-21H,6-15H2,1-5H3/t16?,20-,21-,22-,23+/m1/s1. The monoisotopic (exact) mass is 442 g/mol. The van der Waals surface area contributed by atoms with Gasteiger partial charge in [-0.1, -0.05) is 26.7 Å². The Labute approximate surface area is 185 Å². The summed E-state index contributed by atoms with van der Waals surface area (Å²) in [7, 11) is 0. The summed E-state index contributed by atoms with van der Waals surface area (Å²) in [6.07, 6.45) is 5.35. The molecule has 178 valence electrons. The van der Waals surface area contributed by atoms with Gasteiger partial charge in [0.05, 0.1) is 12.7 Å². The minimum absolute atomic E-state index is 0.0407. The first-order valence-electron chi connectivity index (χ1n) is 11.4. The van der Waals surface area contributed by atoms with Crippen molar-refractivity contribution >= 4 is 17.9 Å². The van der Waals surface area contributed by atoms with Crippen molar-refractivity contribution in [3.63, 3.8) is 0 Å². The largest absolute Gasteiger partial charge is 0.466 e. The zero-order valence-electron chi connectivity index (χ0n) is 19.6. The van der Waals surface area contributed by atoms with E-state index in [1.165, 1.54) is 20.8 Å². The van der Waals surface area contributed by atoms with Crippen molar-refractivity contribution in [2.45, 2.75) is 110 Å². The summed E-state index contributed by atoms with van der Waals surface area (Å²) in [5.41, 5.74) is -0.766. The molecule has 2 aliphatic heterocycles.